The van der Waals surface area contributed by atoms with Crippen LogP contribution >= 0.6 is 0 Å². The molecule has 2 N–H and O–H groups in total. The molecule has 0 amide bonds. The summed E-state index contributed by atoms with van der Waals surface area (Å²) in [6.07, 6.45) is 0. The summed E-state index contributed by atoms with van der Waals surface area (Å²) >= 11 is 0. The molecule has 20 heavy (non-hydrogen) atoms. The van der Waals surface area contributed by atoms with E-state index in [1.165, 1.54) is 5.39 Å². The van der Waals surface area contributed by atoms with Crippen LogP contribution in [0.5, 0.6) is 0 Å². The molecule has 0 atom stereocenters. The first-order chi connectivity index (χ1) is 9.84. The van der Waals surface area contributed by atoms with Crippen molar-refractivity contribution < 1.29 is 0 Å². The van der Waals surface area contributed by atoms with E-state index in [9.17, 15) is 0 Å². The maximum atomic E-state index is 6.18. The Morgan fingerprint density at radius 2 is 1.55 bits per heavy atom. The van der Waals surface area contributed by atoms with Gasteiger partial charge in [-0.1, -0.05) is 42.5 Å². The summed E-state index contributed by atoms with van der Waals surface area (Å²) in [5.74, 6) is 0.502. The molecule has 96 valence electrons. The number of guanidine groups is 1. The van der Waals surface area contributed by atoms with E-state index in [0.29, 0.717) is 5.96 Å². The molecule has 0 unspecified atom stereocenters. The van der Waals surface area contributed by atoms with Crippen molar-refractivity contribution in [3.8, 4) is 0 Å². The fourth-order valence-corrected chi connectivity index (χ4v) is 2.73. The third kappa shape index (κ3) is 1.50. The van der Waals surface area contributed by atoms with Gasteiger partial charge in [-0.25, -0.2) is 4.99 Å². The summed E-state index contributed by atoms with van der Waals surface area (Å²) in [7, 11) is 0. The number of nitrogens with zero attached hydrogens (tertiary/aromatic N) is 2. The van der Waals surface area contributed by atoms with Gasteiger partial charge >= 0.3 is 0 Å². The Hall–Kier alpha value is -2.81. The Bertz CT molecular complexity index is 817. The standard InChI is InChI=1S/C17H13N3/c18-17-19-14-10-4-6-12-7-5-11-15(16(12)14)20(17)13-8-2-1-3-9-13/h1-11H,(H2,18,19). The predicted molar refractivity (Wildman–Crippen MR) is 83.8 cm³/mol. The van der Waals surface area contributed by atoms with Crippen molar-refractivity contribution in [1.82, 2.24) is 0 Å². The quantitative estimate of drug-likeness (QED) is 0.719. The lowest BCUT2D eigenvalue weighted by molar-refractivity contribution is 1.27. The van der Waals surface area contributed by atoms with E-state index in [-0.39, 0.29) is 0 Å². The van der Waals surface area contributed by atoms with Crippen LogP contribution in [0.1, 0.15) is 0 Å². The van der Waals surface area contributed by atoms with Gasteiger partial charge in [0.1, 0.15) is 0 Å². The second-order valence-electron chi connectivity index (χ2n) is 4.79. The largest absolute Gasteiger partial charge is 0.369 e. The van der Waals surface area contributed by atoms with E-state index < -0.39 is 0 Å². The van der Waals surface area contributed by atoms with Gasteiger partial charge < -0.3 is 5.73 Å². The molecule has 3 heteroatoms. The van der Waals surface area contributed by atoms with Gasteiger partial charge in [0, 0.05) is 11.1 Å². The van der Waals surface area contributed by atoms with E-state index in [2.05, 4.69) is 29.3 Å². The van der Waals surface area contributed by atoms with Crippen LogP contribution in [0.4, 0.5) is 17.1 Å². The lowest BCUT2D eigenvalue weighted by atomic mass is 10.0. The van der Waals surface area contributed by atoms with Crippen LogP contribution in [0.25, 0.3) is 10.8 Å². The number of hydrogen-bond donors (Lipinski definition) is 1. The Labute approximate surface area is 117 Å². The molecule has 4 rings (SSSR count). The molecule has 0 fully saturated rings. The highest BCUT2D eigenvalue weighted by molar-refractivity contribution is 6.16. The van der Waals surface area contributed by atoms with Crippen molar-refractivity contribution in [2.24, 2.45) is 10.7 Å². The third-order valence-corrected chi connectivity index (χ3v) is 3.58. The van der Waals surface area contributed by atoms with Crippen molar-refractivity contribution in [2.45, 2.75) is 0 Å². The summed E-state index contributed by atoms with van der Waals surface area (Å²) in [5, 5.41) is 2.32. The van der Waals surface area contributed by atoms with Crippen LogP contribution in [0, 0.1) is 0 Å². The molecule has 3 nitrogen and oxygen atoms in total. The number of nitrogens with two attached hydrogens (primary N) is 1. The van der Waals surface area contributed by atoms with Crippen LogP contribution in [0.3, 0.4) is 0 Å². The highest BCUT2D eigenvalue weighted by Crippen LogP contribution is 2.40. The minimum absolute atomic E-state index is 0.502. The molecular weight excluding hydrogens is 246 g/mol. The first kappa shape index (κ1) is 11.1. The van der Waals surface area contributed by atoms with Crippen LogP contribution < -0.4 is 10.6 Å². The lowest BCUT2D eigenvalue weighted by Crippen LogP contribution is -2.34. The van der Waals surface area contributed by atoms with Gasteiger partial charge in [0.2, 0.25) is 5.96 Å². The van der Waals surface area contributed by atoms with Crippen LogP contribution in [-0.4, -0.2) is 5.96 Å². The van der Waals surface area contributed by atoms with E-state index in [1.54, 1.807) is 0 Å². The highest BCUT2D eigenvalue weighted by Gasteiger charge is 2.21. The summed E-state index contributed by atoms with van der Waals surface area (Å²) in [5.41, 5.74) is 9.21. The minimum Gasteiger partial charge on any atom is -0.369 e. The predicted octanol–water partition coefficient (Wildman–Crippen LogP) is 3.94. The SMILES string of the molecule is NC1=Nc2cccc3cccc(c23)N1c1ccccc1. The summed E-state index contributed by atoms with van der Waals surface area (Å²) in [4.78, 5) is 6.54. The van der Waals surface area contributed by atoms with Gasteiger partial charge in [0.05, 0.1) is 11.4 Å². The molecule has 0 aliphatic carbocycles. The molecule has 0 bridgehead atoms. The van der Waals surface area contributed by atoms with Crippen LogP contribution in [0.15, 0.2) is 71.7 Å². The fraction of sp³-hybridized carbons (Fsp3) is 0. The van der Waals surface area contributed by atoms with Crippen molar-refractivity contribution >= 4 is 33.8 Å². The molecule has 1 aliphatic heterocycles. The molecule has 3 aromatic rings. The number of hydrogen-bond acceptors (Lipinski definition) is 3. The van der Waals surface area contributed by atoms with Crippen LogP contribution in [-0.2, 0) is 0 Å². The monoisotopic (exact) mass is 259 g/mol. The molecule has 0 spiro atoms. The topological polar surface area (TPSA) is 41.6 Å². The van der Waals surface area contributed by atoms with Gasteiger partial charge in [-0.05, 0) is 29.7 Å². The van der Waals surface area contributed by atoms with E-state index in [0.717, 1.165) is 22.4 Å². The molecular formula is C17H13N3. The maximum Gasteiger partial charge on any atom is 0.205 e. The molecule has 1 heterocycles. The molecule has 0 saturated heterocycles. The minimum atomic E-state index is 0.502. The van der Waals surface area contributed by atoms with E-state index in [1.807, 2.05) is 47.4 Å². The third-order valence-electron chi connectivity index (χ3n) is 3.58. The zero-order chi connectivity index (χ0) is 13.5. The Kier molecular flexibility index (Phi) is 2.27. The van der Waals surface area contributed by atoms with Crippen molar-refractivity contribution in [3.63, 3.8) is 0 Å². The molecule has 0 radical (unpaired) electrons. The highest BCUT2D eigenvalue weighted by atomic mass is 15.3. The molecule has 3 aromatic carbocycles. The van der Waals surface area contributed by atoms with Gasteiger partial charge in [0.25, 0.3) is 0 Å². The normalized spacial score (nSPS) is 13.4. The van der Waals surface area contributed by atoms with Gasteiger partial charge in [-0.2, -0.15) is 0 Å². The fourth-order valence-electron chi connectivity index (χ4n) is 2.73. The number of benzene rings is 3. The number of rotatable bonds is 1. The second kappa shape index (κ2) is 4.10. The van der Waals surface area contributed by atoms with Gasteiger partial charge in [0.15, 0.2) is 0 Å². The number of anilines is 2. The molecule has 0 saturated carbocycles. The Balaban J connectivity index is 2.05. The lowest BCUT2D eigenvalue weighted by Gasteiger charge is -2.28. The Morgan fingerprint density at radius 1 is 0.800 bits per heavy atom. The van der Waals surface area contributed by atoms with Crippen molar-refractivity contribution in [1.29, 1.82) is 0 Å². The first-order valence-corrected chi connectivity index (χ1v) is 6.56. The second-order valence-corrected chi connectivity index (χ2v) is 4.79. The smallest absolute Gasteiger partial charge is 0.205 e. The van der Waals surface area contributed by atoms with Crippen molar-refractivity contribution in [2.75, 3.05) is 4.90 Å². The zero-order valence-corrected chi connectivity index (χ0v) is 10.8. The van der Waals surface area contributed by atoms with E-state index in [4.69, 9.17) is 5.73 Å². The average Bonchev–Trinajstić information content (AvgIpc) is 2.49. The van der Waals surface area contributed by atoms with E-state index >= 15 is 0 Å². The average molecular weight is 259 g/mol. The summed E-state index contributed by atoms with van der Waals surface area (Å²) < 4.78 is 0. The molecule has 0 aromatic heterocycles. The van der Waals surface area contributed by atoms with Crippen molar-refractivity contribution in [3.05, 3.63) is 66.7 Å². The first-order valence-electron chi connectivity index (χ1n) is 6.56. The maximum absolute atomic E-state index is 6.18. The Morgan fingerprint density at radius 3 is 2.35 bits per heavy atom. The number of para-hydroxylation sites is 1. The van der Waals surface area contributed by atoms with Gasteiger partial charge in [-0.3, -0.25) is 4.90 Å². The number of aliphatic imine (C=N–C) groups is 1. The van der Waals surface area contributed by atoms with Gasteiger partial charge in [-0.15, -0.1) is 0 Å². The summed E-state index contributed by atoms with van der Waals surface area (Å²) in [6.45, 7) is 0. The zero-order valence-electron chi connectivity index (χ0n) is 10.8. The van der Waals surface area contributed by atoms with Crippen LogP contribution in [0.2, 0.25) is 0 Å². The molecule has 1 aliphatic rings. The summed E-state index contributed by atoms with van der Waals surface area (Å²) in [6, 6.07) is 22.4.